The van der Waals surface area contributed by atoms with Crippen LogP contribution in [-0.4, -0.2) is 46.7 Å². The third-order valence-corrected chi connectivity index (χ3v) is 2.32. The highest BCUT2D eigenvalue weighted by Gasteiger charge is 2.20. The Bertz CT molecular complexity index is 440. The normalized spacial score (nSPS) is 9.89. The summed E-state index contributed by atoms with van der Waals surface area (Å²) >= 11 is 0. The van der Waals surface area contributed by atoms with Crippen molar-refractivity contribution in [1.82, 2.24) is 15.1 Å². The fourth-order valence-corrected chi connectivity index (χ4v) is 1.47. The van der Waals surface area contributed by atoms with Gasteiger partial charge in [0.25, 0.3) is 5.91 Å². The van der Waals surface area contributed by atoms with Crippen molar-refractivity contribution in [2.24, 2.45) is 0 Å². The maximum Gasteiger partial charge on any atom is 0.325 e. The van der Waals surface area contributed by atoms with E-state index in [1.165, 1.54) is 11.1 Å². The Morgan fingerprint density at radius 1 is 1.61 bits per heavy atom. The molecule has 6 heteroatoms. The van der Waals surface area contributed by atoms with Crippen molar-refractivity contribution in [3.05, 3.63) is 30.1 Å². The lowest BCUT2D eigenvalue weighted by molar-refractivity contribution is -0.143. The Hall–Kier alpha value is -2.11. The molecule has 0 aromatic carbocycles. The summed E-state index contributed by atoms with van der Waals surface area (Å²) in [4.78, 5) is 24.9. The van der Waals surface area contributed by atoms with Crippen LogP contribution in [-0.2, 0) is 9.53 Å². The van der Waals surface area contributed by atoms with E-state index < -0.39 is 5.97 Å². The predicted molar refractivity (Wildman–Crippen MR) is 66.1 cm³/mol. The largest absolute Gasteiger partial charge is 0.465 e. The molecule has 1 rings (SSSR count). The summed E-state index contributed by atoms with van der Waals surface area (Å²) in [5.41, 5.74) is 1.11. The molecule has 1 amide bonds. The highest BCUT2D eigenvalue weighted by atomic mass is 16.5. The van der Waals surface area contributed by atoms with Gasteiger partial charge in [0, 0.05) is 12.2 Å². The van der Waals surface area contributed by atoms with Crippen LogP contribution >= 0.6 is 0 Å². The number of H-pyrrole nitrogens is 1. The molecule has 0 saturated carbocycles. The first-order valence-corrected chi connectivity index (χ1v) is 5.65. The average Bonchev–Trinajstić information content (AvgIpc) is 2.74. The first-order valence-electron chi connectivity index (χ1n) is 5.65. The lowest BCUT2D eigenvalue weighted by Gasteiger charge is -2.19. The lowest BCUT2D eigenvalue weighted by atomic mass is 10.2. The molecule has 1 aromatic heterocycles. The number of hydrogen-bond acceptors (Lipinski definition) is 4. The number of carbonyl (C=O) groups is 2. The Morgan fingerprint density at radius 2 is 2.33 bits per heavy atom. The standard InChI is InChI=1S/C12H17N3O3/c1-4-6-15(8-11(16)18-5-2)12(17)10-7-13-14-9(10)3/h4,7H,1,5-6,8H2,2-3H3,(H,13,14). The number of aromatic nitrogens is 2. The van der Waals surface area contributed by atoms with Gasteiger partial charge in [0.15, 0.2) is 0 Å². The minimum Gasteiger partial charge on any atom is -0.465 e. The molecule has 0 spiro atoms. The predicted octanol–water partition coefficient (Wildman–Crippen LogP) is 0.909. The molecular formula is C12H17N3O3. The van der Waals surface area contributed by atoms with Crippen molar-refractivity contribution in [1.29, 1.82) is 0 Å². The summed E-state index contributed by atoms with van der Waals surface area (Å²) in [7, 11) is 0. The summed E-state index contributed by atoms with van der Waals surface area (Å²) in [5.74, 6) is -0.706. The van der Waals surface area contributed by atoms with E-state index in [4.69, 9.17) is 4.74 Å². The molecule has 0 aliphatic rings. The van der Waals surface area contributed by atoms with Crippen LogP contribution in [0.2, 0.25) is 0 Å². The molecule has 0 bridgehead atoms. The molecular weight excluding hydrogens is 234 g/mol. The molecule has 0 saturated heterocycles. The van der Waals surface area contributed by atoms with Crippen LogP contribution in [0, 0.1) is 6.92 Å². The number of carbonyl (C=O) groups excluding carboxylic acids is 2. The zero-order valence-corrected chi connectivity index (χ0v) is 10.6. The second-order valence-corrected chi connectivity index (χ2v) is 3.69. The van der Waals surface area contributed by atoms with Crippen LogP contribution in [0.15, 0.2) is 18.9 Å². The van der Waals surface area contributed by atoms with E-state index in [2.05, 4.69) is 16.8 Å². The Balaban J connectivity index is 2.78. The van der Waals surface area contributed by atoms with Gasteiger partial charge in [-0.3, -0.25) is 14.7 Å². The molecule has 1 N–H and O–H groups in total. The van der Waals surface area contributed by atoms with E-state index in [1.54, 1.807) is 19.9 Å². The highest BCUT2D eigenvalue weighted by Crippen LogP contribution is 2.07. The zero-order valence-electron chi connectivity index (χ0n) is 10.6. The van der Waals surface area contributed by atoms with Gasteiger partial charge >= 0.3 is 5.97 Å². The number of ether oxygens (including phenoxy) is 1. The van der Waals surface area contributed by atoms with E-state index in [0.29, 0.717) is 17.9 Å². The second kappa shape index (κ2) is 6.58. The summed E-state index contributed by atoms with van der Waals surface area (Å²) in [6.45, 7) is 7.51. The van der Waals surface area contributed by atoms with Gasteiger partial charge in [-0.25, -0.2) is 0 Å². The summed E-state index contributed by atoms with van der Waals surface area (Å²) < 4.78 is 4.83. The minimum absolute atomic E-state index is 0.0939. The minimum atomic E-state index is -0.436. The lowest BCUT2D eigenvalue weighted by Crippen LogP contribution is -2.36. The second-order valence-electron chi connectivity index (χ2n) is 3.69. The fraction of sp³-hybridized carbons (Fsp3) is 0.417. The number of hydrogen-bond donors (Lipinski definition) is 1. The molecule has 0 atom stereocenters. The third-order valence-electron chi connectivity index (χ3n) is 2.32. The van der Waals surface area contributed by atoms with Gasteiger partial charge in [0.05, 0.1) is 18.4 Å². The SMILES string of the molecule is C=CCN(CC(=O)OCC)C(=O)c1cn[nH]c1C. The maximum atomic E-state index is 12.2. The molecule has 0 unspecified atom stereocenters. The zero-order chi connectivity index (χ0) is 13.5. The van der Waals surface area contributed by atoms with Crippen LogP contribution < -0.4 is 0 Å². The van der Waals surface area contributed by atoms with Gasteiger partial charge in [0.1, 0.15) is 6.54 Å². The highest BCUT2D eigenvalue weighted by molar-refractivity contribution is 5.96. The first-order chi connectivity index (χ1) is 8.60. The molecule has 0 aliphatic carbocycles. The van der Waals surface area contributed by atoms with Crippen molar-refractivity contribution in [2.45, 2.75) is 13.8 Å². The molecule has 18 heavy (non-hydrogen) atoms. The van der Waals surface area contributed by atoms with Crippen molar-refractivity contribution in [3.63, 3.8) is 0 Å². The van der Waals surface area contributed by atoms with E-state index in [1.807, 2.05) is 0 Å². The molecule has 6 nitrogen and oxygen atoms in total. The maximum absolute atomic E-state index is 12.2. The summed E-state index contributed by atoms with van der Waals surface area (Å²) in [5, 5.41) is 6.47. The molecule has 0 fully saturated rings. The molecule has 1 heterocycles. The number of nitrogens with one attached hydrogen (secondary N) is 1. The van der Waals surface area contributed by atoms with Crippen molar-refractivity contribution >= 4 is 11.9 Å². The monoisotopic (exact) mass is 251 g/mol. The smallest absolute Gasteiger partial charge is 0.325 e. The van der Waals surface area contributed by atoms with Gasteiger partial charge in [0.2, 0.25) is 0 Å². The van der Waals surface area contributed by atoms with Crippen molar-refractivity contribution < 1.29 is 14.3 Å². The first kappa shape index (κ1) is 14.0. The Morgan fingerprint density at radius 3 is 2.83 bits per heavy atom. The molecule has 0 aliphatic heterocycles. The van der Waals surface area contributed by atoms with Gasteiger partial charge < -0.3 is 9.64 Å². The number of esters is 1. The fourth-order valence-electron chi connectivity index (χ4n) is 1.47. The van der Waals surface area contributed by atoms with Gasteiger partial charge in [-0.2, -0.15) is 5.10 Å². The topological polar surface area (TPSA) is 75.3 Å². The quantitative estimate of drug-likeness (QED) is 0.602. The average molecular weight is 251 g/mol. The van der Waals surface area contributed by atoms with Crippen LogP contribution in [0.4, 0.5) is 0 Å². The third kappa shape index (κ3) is 3.44. The number of amides is 1. The molecule has 0 radical (unpaired) electrons. The molecule has 1 aromatic rings. The molecule has 98 valence electrons. The summed E-state index contributed by atoms with van der Waals surface area (Å²) in [6.07, 6.45) is 3.01. The van der Waals surface area contributed by atoms with Crippen LogP contribution in [0.5, 0.6) is 0 Å². The van der Waals surface area contributed by atoms with E-state index in [0.717, 1.165) is 0 Å². The van der Waals surface area contributed by atoms with Crippen molar-refractivity contribution in [3.8, 4) is 0 Å². The summed E-state index contributed by atoms with van der Waals surface area (Å²) in [6, 6.07) is 0. The Labute approximate surface area is 106 Å². The van der Waals surface area contributed by atoms with Crippen LogP contribution in [0.1, 0.15) is 23.0 Å². The number of aryl methyl sites for hydroxylation is 1. The van der Waals surface area contributed by atoms with Crippen molar-refractivity contribution in [2.75, 3.05) is 19.7 Å². The van der Waals surface area contributed by atoms with Gasteiger partial charge in [-0.1, -0.05) is 6.08 Å². The Kier molecular flexibility index (Phi) is 5.10. The van der Waals surface area contributed by atoms with E-state index >= 15 is 0 Å². The van der Waals surface area contributed by atoms with E-state index in [-0.39, 0.29) is 19.0 Å². The number of rotatable bonds is 6. The van der Waals surface area contributed by atoms with Gasteiger partial charge in [-0.15, -0.1) is 6.58 Å². The number of aromatic amines is 1. The van der Waals surface area contributed by atoms with Crippen LogP contribution in [0.25, 0.3) is 0 Å². The number of nitrogens with zero attached hydrogens (tertiary/aromatic N) is 2. The van der Waals surface area contributed by atoms with Crippen LogP contribution in [0.3, 0.4) is 0 Å². The van der Waals surface area contributed by atoms with Gasteiger partial charge in [-0.05, 0) is 13.8 Å². The van der Waals surface area contributed by atoms with E-state index in [9.17, 15) is 9.59 Å².